The molecule has 0 amide bonds. The van der Waals surface area contributed by atoms with Crippen LogP contribution in [0.3, 0.4) is 0 Å². The molecule has 0 aliphatic heterocycles. The standard InChI is InChI=1S/C25H18N6OS/c1-14(32)22-9-10-23(33-22)16-5-3-4-6-19-17(16)11-21(27-19)25-24-20(29-30-25)8-7-18(28-24)15-12-26-31(2)13-15/h3,5-13,27H,1-2H3,(H,29,30). The summed E-state index contributed by atoms with van der Waals surface area (Å²) in [5.41, 5.74) is 11.2. The van der Waals surface area contributed by atoms with E-state index in [9.17, 15) is 4.79 Å². The van der Waals surface area contributed by atoms with Crippen LogP contribution >= 0.6 is 11.3 Å². The molecule has 6 rings (SSSR count). The summed E-state index contributed by atoms with van der Waals surface area (Å²) in [6.45, 7) is 1.59. The molecule has 0 unspecified atom stereocenters. The quantitative estimate of drug-likeness (QED) is 0.290. The third-order valence-electron chi connectivity index (χ3n) is 5.59. The molecule has 0 saturated carbocycles. The lowest BCUT2D eigenvalue weighted by molar-refractivity contribution is 0.102. The second kappa shape index (κ2) is 7.41. The Labute approximate surface area is 192 Å². The van der Waals surface area contributed by atoms with Crippen LogP contribution in [0, 0.1) is 0 Å². The number of Topliss-reactive ketones (excluding diaryl/α,β-unsaturated/α-hetero) is 1. The Balaban J connectivity index is 1.46. The van der Waals surface area contributed by atoms with E-state index in [1.807, 2.05) is 55.7 Å². The van der Waals surface area contributed by atoms with Crippen LogP contribution in [-0.2, 0) is 7.05 Å². The molecule has 0 spiro atoms. The van der Waals surface area contributed by atoms with Gasteiger partial charge in [-0.15, -0.1) is 17.1 Å². The number of pyridine rings is 1. The van der Waals surface area contributed by atoms with Gasteiger partial charge in [0, 0.05) is 40.9 Å². The summed E-state index contributed by atoms with van der Waals surface area (Å²) in [5, 5.41) is 11.9. The molecular weight excluding hydrogens is 432 g/mol. The molecule has 8 heteroatoms. The number of aryl methyl sites for hydroxylation is 1. The Morgan fingerprint density at radius 3 is 2.91 bits per heavy atom. The minimum Gasteiger partial charge on any atom is -0.353 e. The van der Waals surface area contributed by atoms with Crippen LogP contribution in [0.5, 0.6) is 0 Å². The maximum Gasteiger partial charge on any atom is 0.169 e. The van der Waals surface area contributed by atoms with Gasteiger partial charge in [0.2, 0.25) is 0 Å². The minimum atomic E-state index is 0.0719. The molecule has 2 N–H and O–H groups in total. The van der Waals surface area contributed by atoms with E-state index in [4.69, 9.17) is 4.98 Å². The van der Waals surface area contributed by atoms with Crippen molar-refractivity contribution >= 4 is 39.8 Å². The highest BCUT2D eigenvalue weighted by atomic mass is 32.1. The first-order valence-electron chi connectivity index (χ1n) is 10.4. The second-order valence-corrected chi connectivity index (χ2v) is 8.94. The number of thiophene rings is 1. The normalized spacial score (nSPS) is 12.7. The van der Waals surface area contributed by atoms with Gasteiger partial charge in [-0.2, -0.15) is 10.2 Å². The van der Waals surface area contributed by atoms with Crippen molar-refractivity contribution in [1.29, 1.82) is 0 Å². The number of ketones is 1. The van der Waals surface area contributed by atoms with Crippen LogP contribution in [0.2, 0.25) is 0 Å². The number of H-pyrrole nitrogens is 2. The number of hydrogen-bond donors (Lipinski definition) is 2. The van der Waals surface area contributed by atoms with Crippen molar-refractivity contribution in [3.63, 3.8) is 0 Å². The molecule has 5 aromatic heterocycles. The van der Waals surface area contributed by atoms with Gasteiger partial charge in [-0.3, -0.25) is 14.6 Å². The topological polar surface area (TPSA) is 92.3 Å². The zero-order valence-electron chi connectivity index (χ0n) is 17.9. The van der Waals surface area contributed by atoms with Crippen LogP contribution in [0.1, 0.15) is 32.7 Å². The molecule has 1 aliphatic carbocycles. The molecule has 5 aromatic rings. The Morgan fingerprint density at radius 1 is 1.21 bits per heavy atom. The number of aromatic nitrogens is 6. The van der Waals surface area contributed by atoms with Gasteiger partial charge < -0.3 is 4.98 Å². The molecule has 0 aromatic carbocycles. The largest absolute Gasteiger partial charge is 0.353 e. The highest BCUT2D eigenvalue weighted by Crippen LogP contribution is 2.36. The number of nitrogens with one attached hydrogen (secondary N) is 2. The predicted octanol–water partition coefficient (Wildman–Crippen LogP) is 5.23. The van der Waals surface area contributed by atoms with Crippen LogP contribution in [0.15, 0.2) is 60.6 Å². The first kappa shape index (κ1) is 19.4. The smallest absolute Gasteiger partial charge is 0.169 e. The summed E-state index contributed by atoms with van der Waals surface area (Å²) in [5.74, 6) is 0.0719. The SMILES string of the molecule is CC(=O)c1ccc(C2=CC=C=Cc3[nH]c(-c4n[nH]c5ccc(-c6cnn(C)c6)nc45)cc32)s1. The lowest BCUT2D eigenvalue weighted by atomic mass is 10.0. The van der Waals surface area contributed by atoms with Gasteiger partial charge in [0.25, 0.3) is 0 Å². The van der Waals surface area contributed by atoms with Gasteiger partial charge in [0.1, 0.15) is 11.2 Å². The van der Waals surface area contributed by atoms with E-state index in [0.717, 1.165) is 60.3 Å². The first-order valence-corrected chi connectivity index (χ1v) is 11.2. The zero-order chi connectivity index (χ0) is 22.5. The summed E-state index contributed by atoms with van der Waals surface area (Å²) >= 11 is 1.50. The number of rotatable bonds is 4. The maximum atomic E-state index is 11.8. The van der Waals surface area contributed by atoms with Gasteiger partial charge in [-0.1, -0.05) is 0 Å². The number of allylic oxidation sites excluding steroid dienone is 2. The number of fused-ring (bicyclic) bond motifs is 2. The molecule has 1 aliphatic rings. The van der Waals surface area contributed by atoms with Gasteiger partial charge in [-0.05, 0) is 49.4 Å². The Kier molecular flexibility index (Phi) is 4.36. The molecular formula is C25H18N6OS. The highest BCUT2D eigenvalue weighted by molar-refractivity contribution is 7.15. The van der Waals surface area contributed by atoms with Crippen molar-refractivity contribution in [1.82, 2.24) is 29.9 Å². The van der Waals surface area contributed by atoms with E-state index < -0.39 is 0 Å². The van der Waals surface area contributed by atoms with Crippen molar-refractivity contribution in [2.24, 2.45) is 7.05 Å². The van der Waals surface area contributed by atoms with Gasteiger partial charge in [0.15, 0.2) is 5.78 Å². The van der Waals surface area contributed by atoms with Gasteiger partial charge in [-0.25, -0.2) is 4.98 Å². The fourth-order valence-electron chi connectivity index (χ4n) is 3.98. The molecule has 0 fully saturated rings. The van der Waals surface area contributed by atoms with E-state index in [1.165, 1.54) is 11.3 Å². The van der Waals surface area contributed by atoms with Gasteiger partial charge in [0.05, 0.1) is 33.7 Å². The highest BCUT2D eigenvalue weighted by Gasteiger charge is 2.20. The van der Waals surface area contributed by atoms with E-state index >= 15 is 0 Å². The molecule has 5 heterocycles. The van der Waals surface area contributed by atoms with Crippen LogP contribution in [0.4, 0.5) is 0 Å². The Bertz CT molecular complexity index is 1650. The number of carbonyl (C=O) groups excluding carboxylic acids is 1. The summed E-state index contributed by atoms with van der Waals surface area (Å²) < 4.78 is 1.76. The molecule has 0 saturated heterocycles. The Hall–Kier alpha value is -4.26. The average molecular weight is 451 g/mol. The van der Waals surface area contributed by atoms with Crippen molar-refractivity contribution < 1.29 is 4.79 Å². The van der Waals surface area contributed by atoms with E-state index in [1.54, 1.807) is 17.8 Å². The minimum absolute atomic E-state index is 0.0719. The van der Waals surface area contributed by atoms with Crippen LogP contribution in [0.25, 0.3) is 45.3 Å². The molecule has 0 radical (unpaired) electrons. The summed E-state index contributed by atoms with van der Waals surface area (Å²) in [7, 11) is 1.89. The van der Waals surface area contributed by atoms with Crippen molar-refractivity contribution in [2.75, 3.05) is 0 Å². The number of carbonyl (C=O) groups is 1. The summed E-state index contributed by atoms with van der Waals surface area (Å²) in [6, 6.07) is 9.90. The maximum absolute atomic E-state index is 11.8. The fraction of sp³-hybridized carbons (Fsp3) is 0.0800. The number of nitrogens with zero attached hydrogens (tertiary/aromatic N) is 4. The molecule has 160 valence electrons. The third-order valence-corrected chi connectivity index (χ3v) is 6.81. The van der Waals surface area contributed by atoms with Crippen molar-refractivity contribution in [3.8, 4) is 22.6 Å². The van der Waals surface area contributed by atoms with Crippen molar-refractivity contribution in [2.45, 2.75) is 6.92 Å². The number of aromatic amines is 2. The monoisotopic (exact) mass is 450 g/mol. The van der Waals surface area contributed by atoms with Crippen molar-refractivity contribution in [3.05, 3.63) is 81.6 Å². The molecule has 0 bridgehead atoms. The fourth-order valence-corrected chi connectivity index (χ4v) is 4.92. The molecule has 33 heavy (non-hydrogen) atoms. The Morgan fingerprint density at radius 2 is 2.12 bits per heavy atom. The summed E-state index contributed by atoms with van der Waals surface area (Å²) in [4.78, 5) is 21.9. The third kappa shape index (κ3) is 3.29. The molecule has 0 atom stereocenters. The second-order valence-electron chi connectivity index (χ2n) is 7.86. The lowest BCUT2D eigenvalue weighted by Gasteiger charge is -2.02. The lowest BCUT2D eigenvalue weighted by Crippen LogP contribution is -1.86. The van der Waals surface area contributed by atoms with Crippen LogP contribution < -0.4 is 0 Å². The van der Waals surface area contributed by atoms with Gasteiger partial charge >= 0.3 is 0 Å². The van der Waals surface area contributed by atoms with E-state index in [-0.39, 0.29) is 5.78 Å². The first-order chi connectivity index (χ1) is 16.1. The van der Waals surface area contributed by atoms with Crippen LogP contribution in [-0.4, -0.2) is 35.7 Å². The molecule has 7 nitrogen and oxygen atoms in total. The number of hydrogen-bond acceptors (Lipinski definition) is 5. The predicted molar refractivity (Wildman–Crippen MR) is 130 cm³/mol. The van der Waals surface area contributed by atoms with E-state index in [0.29, 0.717) is 0 Å². The summed E-state index contributed by atoms with van der Waals surface area (Å²) in [6.07, 6.45) is 9.58. The average Bonchev–Trinajstić information content (AvgIpc) is 3.58. The zero-order valence-corrected chi connectivity index (χ0v) is 18.7. The van der Waals surface area contributed by atoms with E-state index in [2.05, 4.69) is 32.1 Å².